The average Bonchev–Trinajstić information content (AvgIpc) is 2.91. The van der Waals surface area contributed by atoms with Crippen molar-refractivity contribution in [2.75, 3.05) is 0 Å². The number of fused-ring (bicyclic) bond motifs is 1. The molecule has 0 bridgehead atoms. The molecule has 0 atom stereocenters. The van der Waals surface area contributed by atoms with Crippen molar-refractivity contribution in [1.82, 2.24) is 0 Å². The normalized spacial score (nSPS) is 10.7. The Bertz CT molecular complexity index is 714. The molecule has 18 heavy (non-hydrogen) atoms. The van der Waals surface area contributed by atoms with Gasteiger partial charge in [-0.3, -0.25) is 4.79 Å². The summed E-state index contributed by atoms with van der Waals surface area (Å²) in [4.78, 5) is 12.1. The molecule has 0 N–H and O–H groups in total. The van der Waals surface area contributed by atoms with Crippen LogP contribution in [0.15, 0.2) is 63.7 Å². The molecule has 2 aromatic carbocycles. The first-order chi connectivity index (χ1) is 8.74. The standard InChI is InChI=1S/C15H9BrO2/c16-13-6-5-10-8-12(4-3-11(10)9-13)15(17)14-2-1-7-18-14/h1-9H. The number of carbonyl (C=O) groups is 1. The fraction of sp³-hybridized carbons (Fsp3) is 0. The average molecular weight is 301 g/mol. The summed E-state index contributed by atoms with van der Waals surface area (Å²) >= 11 is 3.43. The Morgan fingerprint density at radius 2 is 1.78 bits per heavy atom. The SMILES string of the molecule is O=C(c1ccc2cc(Br)ccc2c1)c1ccco1. The van der Waals surface area contributed by atoms with Crippen molar-refractivity contribution in [2.45, 2.75) is 0 Å². The molecule has 0 saturated heterocycles. The molecule has 88 valence electrons. The minimum absolute atomic E-state index is 0.0928. The molecule has 0 fully saturated rings. The summed E-state index contributed by atoms with van der Waals surface area (Å²) in [5.74, 6) is 0.274. The molecule has 1 aromatic heterocycles. The van der Waals surface area contributed by atoms with Crippen molar-refractivity contribution in [1.29, 1.82) is 0 Å². The zero-order valence-corrected chi connectivity index (χ0v) is 11.0. The van der Waals surface area contributed by atoms with E-state index in [1.807, 2.05) is 36.4 Å². The number of carbonyl (C=O) groups excluding carboxylic acids is 1. The molecule has 3 rings (SSSR count). The van der Waals surface area contributed by atoms with Gasteiger partial charge in [-0.25, -0.2) is 0 Å². The van der Waals surface area contributed by atoms with Crippen LogP contribution in [0, 0.1) is 0 Å². The van der Waals surface area contributed by atoms with Crippen LogP contribution in [0.3, 0.4) is 0 Å². The van der Waals surface area contributed by atoms with Gasteiger partial charge < -0.3 is 4.42 Å². The minimum atomic E-state index is -0.0928. The monoisotopic (exact) mass is 300 g/mol. The predicted octanol–water partition coefficient (Wildman–Crippen LogP) is 4.43. The van der Waals surface area contributed by atoms with E-state index in [0.717, 1.165) is 15.2 Å². The summed E-state index contributed by atoms with van der Waals surface area (Å²) in [5.41, 5.74) is 0.639. The number of rotatable bonds is 2. The third-order valence-corrected chi connectivity index (χ3v) is 3.30. The van der Waals surface area contributed by atoms with E-state index in [1.54, 1.807) is 12.1 Å². The quantitative estimate of drug-likeness (QED) is 0.656. The van der Waals surface area contributed by atoms with E-state index in [9.17, 15) is 4.79 Å². The third-order valence-electron chi connectivity index (χ3n) is 2.81. The highest BCUT2D eigenvalue weighted by molar-refractivity contribution is 9.10. The van der Waals surface area contributed by atoms with Gasteiger partial charge in [0.25, 0.3) is 0 Å². The number of ketones is 1. The highest BCUT2D eigenvalue weighted by Gasteiger charge is 2.11. The summed E-state index contributed by atoms with van der Waals surface area (Å²) in [6.07, 6.45) is 1.51. The maximum absolute atomic E-state index is 12.1. The lowest BCUT2D eigenvalue weighted by Gasteiger charge is -2.02. The van der Waals surface area contributed by atoms with E-state index >= 15 is 0 Å². The number of halogens is 1. The molecule has 0 spiro atoms. The topological polar surface area (TPSA) is 30.2 Å². The van der Waals surface area contributed by atoms with E-state index in [2.05, 4.69) is 15.9 Å². The van der Waals surface area contributed by atoms with Crippen molar-refractivity contribution >= 4 is 32.5 Å². The van der Waals surface area contributed by atoms with E-state index < -0.39 is 0 Å². The first-order valence-electron chi connectivity index (χ1n) is 5.51. The lowest BCUT2D eigenvalue weighted by Crippen LogP contribution is -1.99. The van der Waals surface area contributed by atoms with Gasteiger partial charge in [0.1, 0.15) is 0 Å². The van der Waals surface area contributed by atoms with Gasteiger partial charge in [0.05, 0.1) is 6.26 Å². The van der Waals surface area contributed by atoms with Crippen LogP contribution < -0.4 is 0 Å². The van der Waals surface area contributed by atoms with E-state index in [0.29, 0.717) is 11.3 Å². The van der Waals surface area contributed by atoms with Gasteiger partial charge in [-0.1, -0.05) is 34.1 Å². The molecular formula is C15H9BrO2. The van der Waals surface area contributed by atoms with Crippen LogP contribution in [-0.4, -0.2) is 5.78 Å². The molecule has 1 heterocycles. The molecule has 2 nitrogen and oxygen atoms in total. The Balaban J connectivity index is 2.09. The van der Waals surface area contributed by atoms with Crippen molar-refractivity contribution in [3.05, 3.63) is 70.6 Å². The molecule has 3 heteroatoms. The molecular weight excluding hydrogens is 292 g/mol. The summed E-state index contributed by atoms with van der Waals surface area (Å²) in [7, 11) is 0. The van der Waals surface area contributed by atoms with Gasteiger partial charge in [0.15, 0.2) is 5.76 Å². The van der Waals surface area contributed by atoms with Crippen LogP contribution in [0.4, 0.5) is 0 Å². The predicted molar refractivity (Wildman–Crippen MR) is 73.8 cm³/mol. The zero-order chi connectivity index (χ0) is 12.5. The minimum Gasteiger partial charge on any atom is -0.461 e. The van der Waals surface area contributed by atoms with E-state index in [-0.39, 0.29) is 5.78 Å². The van der Waals surface area contributed by atoms with Gasteiger partial charge in [-0.05, 0) is 41.1 Å². The molecule has 0 radical (unpaired) electrons. The molecule has 0 saturated carbocycles. The molecule has 3 aromatic rings. The second-order valence-electron chi connectivity index (χ2n) is 4.01. The van der Waals surface area contributed by atoms with E-state index in [1.165, 1.54) is 6.26 Å². The van der Waals surface area contributed by atoms with Gasteiger partial charge >= 0.3 is 0 Å². The van der Waals surface area contributed by atoms with Crippen LogP contribution in [-0.2, 0) is 0 Å². The van der Waals surface area contributed by atoms with Crippen molar-refractivity contribution in [2.24, 2.45) is 0 Å². The third kappa shape index (κ3) is 1.97. The summed E-state index contributed by atoms with van der Waals surface area (Å²) in [5, 5.41) is 2.14. The molecule has 0 aliphatic heterocycles. The number of benzene rings is 2. The number of furan rings is 1. The summed E-state index contributed by atoms with van der Waals surface area (Å²) in [6.45, 7) is 0. The Kier molecular flexibility index (Phi) is 2.76. The summed E-state index contributed by atoms with van der Waals surface area (Å²) < 4.78 is 6.15. The Morgan fingerprint density at radius 1 is 1.00 bits per heavy atom. The van der Waals surface area contributed by atoms with Crippen LogP contribution >= 0.6 is 15.9 Å². The highest BCUT2D eigenvalue weighted by Crippen LogP contribution is 2.22. The van der Waals surface area contributed by atoms with E-state index in [4.69, 9.17) is 4.42 Å². The second-order valence-corrected chi connectivity index (χ2v) is 4.93. The van der Waals surface area contributed by atoms with Gasteiger partial charge in [0.2, 0.25) is 5.78 Å². The molecule has 0 aliphatic rings. The Morgan fingerprint density at radius 3 is 2.56 bits per heavy atom. The van der Waals surface area contributed by atoms with Gasteiger partial charge in [0, 0.05) is 10.0 Å². The van der Waals surface area contributed by atoms with Crippen molar-refractivity contribution < 1.29 is 9.21 Å². The summed E-state index contributed by atoms with van der Waals surface area (Å²) in [6, 6.07) is 15.0. The highest BCUT2D eigenvalue weighted by atomic mass is 79.9. The molecule has 0 unspecified atom stereocenters. The number of hydrogen-bond acceptors (Lipinski definition) is 2. The fourth-order valence-corrected chi connectivity index (χ4v) is 2.29. The molecule has 0 amide bonds. The van der Waals surface area contributed by atoms with Crippen LogP contribution in [0.25, 0.3) is 10.8 Å². The maximum Gasteiger partial charge on any atom is 0.228 e. The number of hydrogen-bond donors (Lipinski definition) is 0. The Hall–Kier alpha value is -1.87. The van der Waals surface area contributed by atoms with Gasteiger partial charge in [-0.2, -0.15) is 0 Å². The largest absolute Gasteiger partial charge is 0.461 e. The van der Waals surface area contributed by atoms with Crippen LogP contribution in [0.2, 0.25) is 0 Å². The first-order valence-corrected chi connectivity index (χ1v) is 6.31. The Labute approximate surface area is 112 Å². The van der Waals surface area contributed by atoms with Crippen LogP contribution in [0.1, 0.15) is 16.1 Å². The lowest BCUT2D eigenvalue weighted by atomic mass is 10.0. The maximum atomic E-state index is 12.1. The molecule has 0 aliphatic carbocycles. The van der Waals surface area contributed by atoms with Crippen molar-refractivity contribution in [3.63, 3.8) is 0 Å². The van der Waals surface area contributed by atoms with Crippen LogP contribution in [0.5, 0.6) is 0 Å². The van der Waals surface area contributed by atoms with Crippen molar-refractivity contribution in [3.8, 4) is 0 Å². The zero-order valence-electron chi connectivity index (χ0n) is 9.39. The van der Waals surface area contributed by atoms with Gasteiger partial charge in [-0.15, -0.1) is 0 Å². The lowest BCUT2D eigenvalue weighted by molar-refractivity contribution is 0.101. The first kappa shape index (κ1) is 11.2. The fourth-order valence-electron chi connectivity index (χ4n) is 1.91. The second kappa shape index (κ2) is 4.42. The smallest absolute Gasteiger partial charge is 0.228 e.